The number of rotatable bonds is 4. The lowest BCUT2D eigenvalue weighted by Crippen LogP contribution is -2.28. The average Bonchev–Trinajstić information content (AvgIpc) is 2.86. The van der Waals surface area contributed by atoms with E-state index in [0.717, 1.165) is 30.3 Å². The van der Waals surface area contributed by atoms with Gasteiger partial charge in [0.15, 0.2) is 0 Å². The second-order valence-electron chi connectivity index (χ2n) is 6.45. The summed E-state index contributed by atoms with van der Waals surface area (Å²) < 4.78 is 0. The van der Waals surface area contributed by atoms with Crippen molar-refractivity contribution in [3.63, 3.8) is 0 Å². The highest BCUT2D eigenvalue weighted by molar-refractivity contribution is 5.57. The third-order valence-electron chi connectivity index (χ3n) is 4.93. The predicted octanol–water partition coefficient (Wildman–Crippen LogP) is 3.51. The Morgan fingerprint density at radius 1 is 1.25 bits per heavy atom. The van der Waals surface area contributed by atoms with Crippen molar-refractivity contribution in [1.29, 1.82) is 0 Å². The molecule has 0 saturated carbocycles. The van der Waals surface area contributed by atoms with Crippen molar-refractivity contribution in [2.75, 3.05) is 23.7 Å². The van der Waals surface area contributed by atoms with Crippen molar-refractivity contribution < 1.29 is 0 Å². The van der Waals surface area contributed by atoms with E-state index in [9.17, 15) is 0 Å². The zero-order valence-corrected chi connectivity index (χ0v) is 13.5. The summed E-state index contributed by atoms with van der Waals surface area (Å²) in [5.74, 6) is 2.84. The lowest BCUT2D eigenvalue weighted by molar-refractivity contribution is 0.301. The fourth-order valence-corrected chi connectivity index (χ4v) is 3.05. The van der Waals surface area contributed by atoms with Gasteiger partial charge in [-0.15, -0.1) is 0 Å². The van der Waals surface area contributed by atoms with Gasteiger partial charge in [-0.25, -0.2) is 9.97 Å². The first-order valence-corrected chi connectivity index (χ1v) is 7.81. The molecular weight excluding hydrogens is 248 g/mol. The summed E-state index contributed by atoms with van der Waals surface area (Å²) in [4.78, 5) is 11.6. The summed E-state index contributed by atoms with van der Waals surface area (Å²) in [6.45, 7) is 13.0. The molecule has 20 heavy (non-hydrogen) atoms. The van der Waals surface area contributed by atoms with Crippen LogP contribution in [0.2, 0.25) is 0 Å². The number of nitrogen functional groups attached to an aromatic ring is 1. The quantitative estimate of drug-likeness (QED) is 0.914. The zero-order valence-electron chi connectivity index (χ0n) is 13.5. The molecule has 2 heterocycles. The largest absolute Gasteiger partial charge is 0.383 e. The van der Waals surface area contributed by atoms with Gasteiger partial charge in [-0.2, -0.15) is 0 Å². The number of aromatic nitrogens is 2. The Bertz CT molecular complexity index is 478. The van der Waals surface area contributed by atoms with Crippen LogP contribution in [0.1, 0.15) is 64.3 Å². The van der Waals surface area contributed by atoms with E-state index < -0.39 is 0 Å². The topological polar surface area (TPSA) is 55.0 Å². The molecule has 1 saturated heterocycles. The minimum atomic E-state index is 0.307. The summed E-state index contributed by atoms with van der Waals surface area (Å²) >= 11 is 0. The number of hydrogen-bond donors (Lipinski definition) is 1. The maximum atomic E-state index is 6.08. The maximum absolute atomic E-state index is 6.08. The van der Waals surface area contributed by atoms with Gasteiger partial charge in [-0.1, -0.05) is 27.7 Å². The van der Waals surface area contributed by atoms with Gasteiger partial charge in [0, 0.05) is 24.6 Å². The van der Waals surface area contributed by atoms with Crippen LogP contribution in [0.4, 0.5) is 11.6 Å². The molecule has 4 nitrogen and oxygen atoms in total. The van der Waals surface area contributed by atoms with Gasteiger partial charge in [0.25, 0.3) is 0 Å². The second kappa shape index (κ2) is 5.58. The number of hydrogen-bond acceptors (Lipinski definition) is 4. The number of nitrogens with zero attached hydrogens (tertiary/aromatic N) is 3. The third-order valence-corrected chi connectivity index (χ3v) is 4.93. The van der Waals surface area contributed by atoms with Gasteiger partial charge in [-0.05, 0) is 31.6 Å². The highest BCUT2D eigenvalue weighted by Crippen LogP contribution is 2.39. The van der Waals surface area contributed by atoms with Gasteiger partial charge in [-0.3, -0.25) is 0 Å². The Balaban J connectivity index is 2.34. The fourth-order valence-electron chi connectivity index (χ4n) is 3.05. The SMILES string of the molecule is CCC1(CC)CCN(c2nc(C(C)C)nc(N)c2C)C1. The molecule has 1 aliphatic rings. The average molecular weight is 276 g/mol. The first-order chi connectivity index (χ1) is 9.42. The second-order valence-corrected chi connectivity index (χ2v) is 6.45. The van der Waals surface area contributed by atoms with E-state index in [1.165, 1.54) is 19.3 Å². The van der Waals surface area contributed by atoms with Crippen LogP contribution >= 0.6 is 0 Å². The molecule has 4 heteroatoms. The minimum Gasteiger partial charge on any atom is -0.383 e. The monoisotopic (exact) mass is 276 g/mol. The van der Waals surface area contributed by atoms with Gasteiger partial charge in [0.1, 0.15) is 17.5 Å². The van der Waals surface area contributed by atoms with Gasteiger partial charge >= 0.3 is 0 Å². The summed E-state index contributed by atoms with van der Waals surface area (Å²) in [6, 6.07) is 0. The highest BCUT2D eigenvalue weighted by Gasteiger charge is 2.36. The van der Waals surface area contributed by atoms with Crippen molar-refractivity contribution in [1.82, 2.24) is 9.97 Å². The lowest BCUT2D eigenvalue weighted by atomic mass is 9.82. The Hall–Kier alpha value is -1.32. The van der Waals surface area contributed by atoms with Crippen molar-refractivity contribution in [2.45, 2.75) is 59.8 Å². The number of nitrogens with two attached hydrogens (primary N) is 1. The first kappa shape index (κ1) is 15.1. The summed E-state index contributed by atoms with van der Waals surface area (Å²) in [6.07, 6.45) is 3.72. The molecular formula is C16H28N4. The smallest absolute Gasteiger partial charge is 0.137 e. The van der Waals surface area contributed by atoms with Crippen LogP contribution in [-0.2, 0) is 0 Å². The Kier molecular flexibility index (Phi) is 4.21. The fraction of sp³-hybridized carbons (Fsp3) is 0.750. The van der Waals surface area contributed by atoms with Gasteiger partial charge < -0.3 is 10.6 Å². The van der Waals surface area contributed by atoms with E-state index in [2.05, 4.69) is 37.6 Å². The molecule has 0 atom stereocenters. The zero-order chi connectivity index (χ0) is 14.9. The molecule has 1 aromatic rings. The van der Waals surface area contributed by atoms with E-state index in [0.29, 0.717) is 17.2 Å². The van der Waals surface area contributed by atoms with Gasteiger partial charge in [0.2, 0.25) is 0 Å². The van der Waals surface area contributed by atoms with Crippen molar-refractivity contribution in [3.8, 4) is 0 Å². The number of anilines is 2. The molecule has 0 bridgehead atoms. The standard InChI is InChI=1S/C16H28N4/c1-6-16(7-2)8-9-20(10-16)15-12(5)13(17)18-14(19-15)11(3)4/h11H,6-10H2,1-5H3,(H2,17,18,19). The Labute approximate surface area is 122 Å². The minimum absolute atomic E-state index is 0.307. The van der Waals surface area contributed by atoms with Crippen molar-refractivity contribution in [2.24, 2.45) is 5.41 Å². The molecule has 0 unspecified atom stereocenters. The lowest BCUT2D eigenvalue weighted by Gasteiger charge is -2.27. The molecule has 112 valence electrons. The first-order valence-electron chi connectivity index (χ1n) is 7.81. The van der Waals surface area contributed by atoms with E-state index in [-0.39, 0.29) is 0 Å². The third kappa shape index (κ3) is 2.60. The predicted molar refractivity (Wildman–Crippen MR) is 85.1 cm³/mol. The highest BCUT2D eigenvalue weighted by atomic mass is 15.2. The molecule has 1 aliphatic heterocycles. The van der Waals surface area contributed by atoms with Crippen LogP contribution in [0.5, 0.6) is 0 Å². The van der Waals surface area contributed by atoms with E-state index in [1.54, 1.807) is 0 Å². The molecule has 2 N–H and O–H groups in total. The molecule has 0 amide bonds. The molecule has 1 fully saturated rings. The Morgan fingerprint density at radius 2 is 1.90 bits per heavy atom. The summed E-state index contributed by atoms with van der Waals surface area (Å²) in [7, 11) is 0. The van der Waals surface area contributed by atoms with Gasteiger partial charge in [0.05, 0.1) is 0 Å². The molecule has 0 spiro atoms. The van der Waals surface area contributed by atoms with E-state index >= 15 is 0 Å². The normalized spacial score (nSPS) is 18.0. The summed E-state index contributed by atoms with van der Waals surface area (Å²) in [5.41, 5.74) is 7.56. The molecule has 1 aromatic heterocycles. The van der Waals surface area contributed by atoms with E-state index in [1.807, 2.05) is 6.92 Å². The molecule has 0 aromatic carbocycles. The van der Waals surface area contributed by atoms with Crippen LogP contribution in [0, 0.1) is 12.3 Å². The van der Waals surface area contributed by atoms with Crippen LogP contribution in [0.3, 0.4) is 0 Å². The van der Waals surface area contributed by atoms with Crippen LogP contribution in [0.25, 0.3) is 0 Å². The molecule has 0 aliphatic carbocycles. The maximum Gasteiger partial charge on any atom is 0.137 e. The van der Waals surface area contributed by atoms with Crippen LogP contribution in [-0.4, -0.2) is 23.1 Å². The molecule has 2 rings (SSSR count). The summed E-state index contributed by atoms with van der Waals surface area (Å²) in [5, 5.41) is 0. The Morgan fingerprint density at radius 3 is 2.40 bits per heavy atom. The van der Waals surface area contributed by atoms with Crippen LogP contribution < -0.4 is 10.6 Å². The van der Waals surface area contributed by atoms with Crippen molar-refractivity contribution >= 4 is 11.6 Å². The van der Waals surface area contributed by atoms with E-state index in [4.69, 9.17) is 10.7 Å². The van der Waals surface area contributed by atoms with Crippen molar-refractivity contribution in [3.05, 3.63) is 11.4 Å². The van der Waals surface area contributed by atoms with Crippen LogP contribution in [0.15, 0.2) is 0 Å². The molecule has 0 radical (unpaired) electrons.